The fourth-order valence-corrected chi connectivity index (χ4v) is 8.35. The van der Waals surface area contributed by atoms with Crippen LogP contribution in [0, 0.1) is 0 Å². The van der Waals surface area contributed by atoms with Crippen molar-refractivity contribution in [3.8, 4) is 0 Å². The number of nitrogens with two attached hydrogens (primary N) is 1. The van der Waals surface area contributed by atoms with E-state index in [1.54, 1.807) is 13.8 Å². The lowest BCUT2D eigenvalue weighted by Crippen LogP contribution is -2.58. The van der Waals surface area contributed by atoms with E-state index in [0.717, 1.165) is 43.8 Å². The molecule has 8 N–H and O–H groups in total. The topological polar surface area (TPSA) is 201 Å². The minimum absolute atomic E-state index is 0.142. The van der Waals surface area contributed by atoms with E-state index >= 15 is 0 Å². The van der Waals surface area contributed by atoms with Gasteiger partial charge in [-0.2, -0.15) is 0 Å². The summed E-state index contributed by atoms with van der Waals surface area (Å²) in [7, 11) is 0. The first kappa shape index (κ1) is 49.1. The maximum absolute atomic E-state index is 14.3. The van der Waals surface area contributed by atoms with Gasteiger partial charge in [0.25, 0.3) is 0 Å². The zero-order valence-electron chi connectivity index (χ0n) is 38.3. The van der Waals surface area contributed by atoms with Crippen LogP contribution in [0.5, 0.6) is 0 Å². The van der Waals surface area contributed by atoms with E-state index in [1.165, 1.54) is 6.92 Å². The van der Waals surface area contributed by atoms with Crippen molar-refractivity contribution in [2.24, 2.45) is 5.73 Å². The fraction of sp³-hybridized carbons (Fsp3) is 0.296. The lowest BCUT2D eigenvalue weighted by atomic mass is 9.98. The Bertz CT molecular complexity index is 2630. The minimum atomic E-state index is -1.03. The number of fused-ring (bicyclic) bond motifs is 2. The Balaban J connectivity index is 1.16. The average Bonchev–Trinajstić information content (AvgIpc) is 3.33. The Morgan fingerprint density at radius 2 is 0.851 bits per heavy atom. The number of amides is 6. The molecule has 6 amide bonds. The summed E-state index contributed by atoms with van der Waals surface area (Å²) >= 11 is 0. The largest absolute Gasteiger partial charge is 0.368 e. The smallest absolute Gasteiger partial charge is 0.243 e. The SMILES string of the molecule is CC[C@H](NC(=O)[C@H](Cc1cccc2ccccc12)NC(C)=O)C(=O)NC(CN[C@@H](Cc1ccccc1)C(=O)N[C@@H](CC)C(=O)N[C@@H](Cc1cccc2ccccc12)C(N)=O)Cc1ccccc1. The summed E-state index contributed by atoms with van der Waals surface area (Å²) in [6.07, 6.45) is 1.54. The molecule has 0 aliphatic rings. The van der Waals surface area contributed by atoms with E-state index in [-0.39, 0.29) is 44.6 Å². The molecule has 0 saturated heterocycles. The number of primary amides is 1. The van der Waals surface area contributed by atoms with Crippen molar-refractivity contribution < 1.29 is 28.8 Å². The van der Waals surface area contributed by atoms with Gasteiger partial charge in [-0.05, 0) is 69.5 Å². The second-order valence-corrected chi connectivity index (χ2v) is 16.9. The molecule has 0 bridgehead atoms. The molecular weight excluding hydrogens is 843 g/mol. The van der Waals surface area contributed by atoms with Crippen LogP contribution >= 0.6 is 0 Å². The summed E-state index contributed by atoms with van der Waals surface area (Å²) in [4.78, 5) is 81.2. The number of hydrogen-bond acceptors (Lipinski definition) is 7. The number of nitrogens with one attached hydrogen (secondary N) is 6. The normalized spacial score (nSPS) is 13.8. The van der Waals surface area contributed by atoms with Gasteiger partial charge < -0.3 is 37.6 Å². The lowest BCUT2D eigenvalue weighted by Gasteiger charge is -2.28. The molecule has 6 aromatic rings. The first-order chi connectivity index (χ1) is 32.4. The van der Waals surface area contributed by atoms with Crippen LogP contribution in [-0.4, -0.2) is 78.2 Å². The molecule has 0 radical (unpaired) electrons. The van der Waals surface area contributed by atoms with Gasteiger partial charge in [0.2, 0.25) is 35.4 Å². The van der Waals surface area contributed by atoms with Gasteiger partial charge >= 0.3 is 0 Å². The molecule has 0 heterocycles. The molecule has 0 spiro atoms. The number of carbonyl (C=O) groups is 6. The molecule has 1 unspecified atom stereocenters. The van der Waals surface area contributed by atoms with Crippen LogP contribution < -0.4 is 37.6 Å². The van der Waals surface area contributed by atoms with Crippen molar-refractivity contribution >= 4 is 57.0 Å². The van der Waals surface area contributed by atoms with E-state index < -0.39 is 65.8 Å². The summed E-state index contributed by atoms with van der Waals surface area (Å²) in [6, 6.07) is 40.9. The monoisotopic (exact) mass is 903 g/mol. The highest BCUT2D eigenvalue weighted by atomic mass is 16.2. The van der Waals surface area contributed by atoms with Gasteiger partial charge in [0.05, 0.1) is 6.04 Å². The molecule has 0 aliphatic heterocycles. The molecule has 13 nitrogen and oxygen atoms in total. The van der Waals surface area contributed by atoms with Crippen molar-refractivity contribution in [1.82, 2.24) is 31.9 Å². The third-order valence-corrected chi connectivity index (χ3v) is 11.9. The molecule has 6 atom stereocenters. The molecule has 0 saturated carbocycles. The van der Waals surface area contributed by atoms with Gasteiger partial charge in [-0.25, -0.2) is 0 Å². The number of hydrogen-bond donors (Lipinski definition) is 7. The van der Waals surface area contributed by atoms with Crippen LogP contribution in [0.2, 0.25) is 0 Å². The molecule has 67 heavy (non-hydrogen) atoms. The van der Waals surface area contributed by atoms with Crippen LogP contribution in [0.3, 0.4) is 0 Å². The highest BCUT2D eigenvalue weighted by molar-refractivity contribution is 5.95. The van der Waals surface area contributed by atoms with Crippen molar-refractivity contribution in [3.63, 3.8) is 0 Å². The maximum atomic E-state index is 14.3. The van der Waals surface area contributed by atoms with Crippen LogP contribution in [0.25, 0.3) is 21.5 Å². The molecule has 348 valence electrons. The summed E-state index contributed by atoms with van der Waals surface area (Å²) < 4.78 is 0. The van der Waals surface area contributed by atoms with Gasteiger partial charge in [-0.15, -0.1) is 0 Å². The summed E-state index contributed by atoms with van der Waals surface area (Å²) in [5, 5.41) is 21.8. The van der Waals surface area contributed by atoms with Crippen molar-refractivity contribution in [2.45, 2.75) is 95.5 Å². The van der Waals surface area contributed by atoms with Crippen molar-refractivity contribution in [2.75, 3.05) is 6.54 Å². The van der Waals surface area contributed by atoms with Gasteiger partial charge in [-0.3, -0.25) is 28.8 Å². The van der Waals surface area contributed by atoms with E-state index in [1.807, 2.05) is 146 Å². The Hall–Kier alpha value is -7.38. The van der Waals surface area contributed by atoms with Crippen LogP contribution in [0.1, 0.15) is 55.9 Å². The Labute approximate surface area is 392 Å². The molecule has 6 aromatic carbocycles. The number of rotatable bonds is 23. The first-order valence-corrected chi connectivity index (χ1v) is 22.9. The summed E-state index contributed by atoms with van der Waals surface area (Å²) in [6.45, 7) is 5.06. The number of carbonyl (C=O) groups excluding carboxylic acids is 6. The second-order valence-electron chi connectivity index (χ2n) is 16.9. The standard InChI is InChI=1S/C54H61N7O6/c1-4-45(60-54(67)49(57-35(3)62)33-41-27-17-25-39-23-13-15-29-44(39)41)51(64)58-42(30-36-18-8-6-9-19-36)34-56-48(31-37-20-10-7-11-21-37)53(66)59-46(5-2)52(65)61-47(50(55)63)32-40-26-16-24-38-22-12-14-28-43(38)40/h6-29,42,45-49,56H,4-5,30-34H2,1-3H3,(H2,55,63)(H,57,62)(H,58,64)(H,59,66)(H,60,67)(H,61,65)/t42?,45-,46-,47-,48-,49-/m0/s1. The second kappa shape index (κ2) is 24.2. The molecule has 0 aromatic heterocycles. The highest BCUT2D eigenvalue weighted by Gasteiger charge is 2.31. The third kappa shape index (κ3) is 14.1. The van der Waals surface area contributed by atoms with E-state index in [2.05, 4.69) is 31.9 Å². The highest BCUT2D eigenvalue weighted by Crippen LogP contribution is 2.21. The summed E-state index contributed by atoms with van der Waals surface area (Å²) in [5.41, 5.74) is 9.35. The predicted octanol–water partition coefficient (Wildman–Crippen LogP) is 4.97. The van der Waals surface area contributed by atoms with Gasteiger partial charge in [0.1, 0.15) is 24.2 Å². The number of benzene rings is 6. The molecule has 6 rings (SSSR count). The molecule has 13 heteroatoms. The van der Waals surface area contributed by atoms with Crippen LogP contribution in [0.4, 0.5) is 0 Å². The zero-order valence-corrected chi connectivity index (χ0v) is 38.3. The van der Waals surface area contributed by atoms with Crippen LogP contribution in [0.15, 0.2) is 146 Å². The Morgan fingerprint density at radius 1 is 0.433 bits per heavy atom. The van der Waals surface area contributed by atoms with Crippen molar-refractivity contribution in [3.05, 3.63) is 168 Å². The molecular formula is C54H61N7O6. The summed E-state index contributed by atoms with van der Waals surface area (Å²) in [5.74, 6) is -2.99. The Morgan fingerprint density at radius 3 is 1.36 bits per heavy atom. The fourth-order valence-electron chi connectivity index (χ4n) is 8.35. The molecule has 0 fully saturated rings. The predicted molar refractivity (Wildman–Crippen MR) is 262 cm³/mol. The molecule has 0 aliphatic carbocycles. The van der Waals surface area contributed by atoms with Crippen molar-refractivity contribution in [1.29, 1.82) is 0 Å². The van der Waals surface area contributed by atoms with Gasteiger partial charge in [-0.1, -0.05) is 159 Å². The zero-order chi connectivity index (χ0) is 47.7. The van der Waals surface area contributed by atoms with Gasteiger partial charge in [0, 0.05) is 32.4 Å². The van der Waals surface area contributed by atoms with Crippen LogP contribution in [-0.2, 0) is 54.5 Å². The Kier molecular flexibility index (Phi) is 17.7. The third-order valence-electron chi connectivity index (χ3n) is 11.9. The van der Waals surface area contributed by atoms with Gasteiger partial charge in [0.15, 0.2) is 0 Å². The van der Waals surface area contributed by atoms with E-state index in [0.29, 0.717) is 6.42 Å². The quantitative estimate of drug-likeness (QED) is 0.0471. The minimum Gasteiger partial charge on any atom is -0.368 e. The average molecular weight is 904 g/mol. The van der Waals surface area contributed by atoms with E-state index in [9.17, 15) is 28.8 Å². The van der Waals surface area contributed by atoms with E-state index in [4.69, 9.17) is 5.73 Å². The lowest BCUT2D eigenvalue weighted by molar-refractivity contribution is -0.132. The maximum Gasteiger partial charge on any atom is 0.243 e. The first-order valence-electron chi connectivity index (χ1n) is 22.9.